The number of aliphatic hydroxyl groups is 1. The van der Waals surface area contributed by atoms with E-state index in [1.807, 2.05) is 13.8 Å². The fourth-order valence-corrected chi connectivity index (χ4v) is 1.91. The highest BCUT2D eigenvalue weighted by atomic mass is 19.1. The maximum atomic E-state index is 13.7. The fourth-order valence-electron chi connectivity index (χ4n) is 1.91. The number of carbonyl (C=O) groups is 1. The molecule has 0 bridgehead atoms. The van der Waals surface area contributed by atoms with E-state index in [0.717, 1.165) is 18.2 Å². The van der Waals surface area contributed by atoms with Crippen molar-refractivity contribution in [2.75, 3.05) is 7.11 Å². The molecule has 20 heavy (non-hydrogen) atoms. The van der Waals surface area contributed by atoms with Gasteiger partial charge in [-0.2, -0.15) is 0 Å². The monoisotopic (exact) mass is 287 g/mol. The van der Waals surface area contributed by atoms with Crippen LogP contribution in [-0.4, -0.2) is 30.3 Å². The van der Waals surface area contributed by atoms with Crippen molar-refractivity contribution in [3.05, 3.63) is 35.4 Å². The van der Waals surface area contributed by atoms with Gasteiger partial charge in [0.1, 0.15) is 11.6 Å². The first-order valence-corrected chi connectivity index (χ1v) is 6.31. The van der Waals surface area contributed by atoms with Crippen molar-refractivity contribution < 1.29 is 23.4 Å². The molecule has 112 valence electrons. The Morgan fingerprint density at radius 3 is 2.60 bits per heavy atom. The van der Waals surface area contributed by atoms with Gasteiger partial charge in [-0.25, -0.2) is 8.78 Å². The van der Waals surface area contributed by atoms with Crippen molar-refractivity contribution >= 4 is 5.97 Å². The highest BCUT2D eigenvalue weighted by molar-refractivity contribution is 5.70. The number of hydrogen-bond acceptors (Lipinski definition) is 4. The summed E-state index contributed by atoms with van der Waals surface area (Å²) < 4.78 is 31.4. The van der Waals surface area contributed by atoms with E-state index in [4.69, 9.17) is 0 Å². The van der Waals surface area contributed by atoms with E-state index >= 15 is 0 Å². The smallest absolute Gasteiger partial charge is 0.307 e. The van der Waals surface area contributed by atoms with Crippen molar-refractivity contribution in [3.8, 4) is 0 Å². The molecule has 0 heterocycles. The van der Waals surface area contributed by atoms with Gasteiger partial charge < -0.3 is 15.2 Å². The molecule has 0 aliphatic heterocycles. The van der Waals surface area contributed by atoms with Crippen LogP contribution in [0.25, 0.3) is 0 Å². The van der Waals surface area contributed by atoms with Crippen LogP contribution in [0.1, 0.15) is 31.9 Å². The SMILES string of the molecule is COC(=O)CC(NC(C)C)C(O)c1cc(F)ccc1F. The number of carbonyl (C=O) groups excluding carboxylic acids is 1. The summed E-state index contributed by atoms with van der Waals surface area (Å²) in [6.07, 6.45) is -1.50. The number of benzene rings is 1. The Balaban J connectivity index is 2.99. The van der Waals surface area contributed by atoms with Gasteiger partial charge in [-0.1, -0.05) is 13.8 Å². The van der Waals surface area contributed by atoms with Crippen molar-refractivity contribution in [1.82, 2.24) is 5.32 Å². The molecule has 0 saturated carbocycles. The van der Waals surface area contributed by atoms with Crippen LogP contribution < -0.4 is 5.32 Å². The minimum Gasteiger partial charge on any atom is -0.469 e. The molecule has 0 radical (unpaired) electrons. The van der Waals surface area contributed by atoms with Crippen LogP contribution in [0.5, 0.6) is 0 Å². The Kier molecular flexibility index (Phi) is 6.04. The zero-order chi connectivity index (χ0) is 15.3. The van der Waals surface area contributed by atoms with Gasteiger partial charge in [0, 0.05) is 17.6 Å². The van der Waals surface area contributed by atoms with Gasteiger partial charge in [0.25, 0.3) is 0 Å². The summed E-state index contributed by atoms with van der Waals surface area (Å²) in [5.41, 5.74) is -0.188. The summed E-state index contributed by atoms with van der Waals surface area (Å²) in [4.78, 5) is 11.4. The van der Waals surface area contributed by atoms with E-state index in [2.05, 4.69) is 10.1 Å². The van der Waals surface area contributed by atoms with Crippen molar-refractivity contribution in [2.24, 2.45) is 0 Å². The van der Waals surface area contributed by atoms with Crippen LogP contribution in [0.3, 0.4) is 0 Å². The second kappa shape index (κ2) is 7.31. The van der Waals surface area contributed by atoms with Crippen LogP contribution in [0, 0.1) is 11.6 Å². The maximum Gasteiger partial charge on any atom is 0.307 e. The normalized spacial score (nSPS) is 14.2. The van der Waals surface area contributed by atoms with Gasteiger partial charge in [-0.3, -0.25) is 4.79 Å². The predicted octanol–water partition coefficient (Wildman–Crippen LogP) is 1.93. The molecule has 0 saturated heterocycles. The zero-order valence-electron chi connectivity index (χ0n) is 11.7. The van der Waals surface area contributed by atoms with Crippen molar-refractivity contribution in [3.63, 3.8) is 0 Å². The largest absolute Gasteiger partial charge is 0.469 e. The second-order valence-corrected chi connectivity index (χ2v) is 4.82. The summed E-state index contributed by atoms with van der Waals surface area (Å²) in [5.74, 6) is -1.92. The summed E-state index contributed by atoms with van der Waals surface area (Å²) in [5, 5.41) is 13.2. The van der Waals surface area contributed by atoms with Crippen LogP contribution in [0.15, 0.2) is 18.2 Å². The summed E-state index contributed by atoms with van der Waals surface area (Å²) in [6, 6.07) is 2.02. The molecule has 0 aromatic heterocycles. The van der Waals surface area contributed by atoms with E-state index in [9.17, 15) is 18.7 Å². The van der Waals surface area contributed by atoms with Crippen LogP contribution >= 0.6 is 0 Å². The Hall–Kier alpha value is -1.53. The number of aliphatic hydroxyl groups excluding tert-OH is 1. The van der Waals surface area contributed by atoms with E-state index in [1.54, 1.807) is 0 Å². The first kappa shape index (κ1) is 16.5. The molecular weight excluding hydrogens is 268 g/mol. The molecule has 2 unspecified atom stereocenters. The van der Waals surface area contributed by atoms with Crippen LogP contribution in [0.4, 0.5) is 8.78 Å². The lowest BCUT2D eigenvalue weighted by Gasteiger charge is -2.26. The molecule has 1 aromatic rings. The van der Waals surface area contributed by atoms with Crippen molar-refractivity contribution in [2.45, 2.75) is 38.5 Å². The maximum absolute atomic E-state index is 13.7. The molecule has 1 aromatic carbocycles. The molecule has 0 aliphatic rings. The quantitative estimate of drug-likeness (QED) is 0.785. The summed E-state index contributed by atoms with van der Waals surface area (Å²) in [6.45, 7) is 3.64. The standard InChI is InChI=1S/C14H19F2NO3/c1-8(2)17-12(7-13(18)20-3)14(19)10-6-9(15)4-5-11(10)16/h4-6,8,12,14,17,19H,7H2,1-3H3. The topological polar surface area (TPSA) is 58.6 Å². The lowest BCUT2D eigenvalue weighted by atomic mass is 9.98. The Morgan fingerprint density at radius 2 is 2.05 bits per heavy atom. The van der Waals surface area contributed by atoms with E-state index in [-0.39, 0.29) is 18.0 Å². The molecule has 6 heteroatoms. The minimum atomic E-state index is -1.35. The summed E-state index contributed by atoms with van der Waals surface area (Å²) >= 11 is 0. The molecule has 0 aliphatic carbocycles. The molecule has 4 nitrogen and oxygen atoms in total. The van der Waals surface area contributed by atoms with E-state index in [1.165, 1.54) is 7.11 Å². The molecule has 2 N–H and O–H groups in total. The van der Waals surface area contributed by atoms with E-state index < -0.39 is 29.7 Å². The van der Waals surface area contributed by atoms with Gasteiger partial charge in [0.05, 0.1) is 19.6 Å². The summed E-state index contributed by atoms with van der Waals surface area (Å²) in [7, 11) is 1.23. The number of halogens is 2. The molecule has 1 rings (SSSR count). The lowest BCUT2D eigenvalue weighted by molar-refractivity contribution is -0.142. The van der Waals surface area contributed by atoms with Gasteiger partial charge >= 0.3 is 5.97 Å². The molecule has 0 spiro atoms. The minimum absolute atomic E-state index is 0.0454. The number of hydrogen-bond donors (Lipinski definition) is 2. The molecule has 0 fully saturated rings. The van der Waals surface area contributed by atoms with Crippen molar-refractivity contribution in [1.29, 1.82) is 0 Å². The third kappa shape index (κ3) is 4.54. The highest BCUT2D eigenvalue weighted by Crippen LogP contribution is 2.23. The van der Waals surface area contributed by atoms with Gasteiger partial charge in [0.2, 0.25) is 0 Å². The number of esters is 1. The fraction of sp³-hybridized carbons (Fsp3) is 0.500. The highest BCUT2D eigenvalue weighted by Gasteiger charge is 2.27. The average molecular weight is 287 g/mol. The van der Waals surface area contributed by atoms with Gasteiger partial charge in [0.15, 0.2) is 0 Å². The van der Waals surface area contributed by atoms with Crippen LogP contribution in [-0.2, 0) is 9.53 Å². The molecule has 0 amide bonds. The number of rotatable bonds is 6. The number of nitrogens with one attached hydrogen (secondary N) is 1. The molecular formula is C14H19F2NO3. The Morgan fingerprint density at radius 1 is 1.40 bits per heavy atom. The van der Waals surface area contributed by atoms with Gasteiger partial charge in [-0.15, -0.1) is 0 Å². The predicted molar refractivity (Wildman–Crippen MR) is 70.0 cm³/mol. The Bertz CT molecular complexity index is 466. The third-order valence-electron chi connectivity index (χ3n) is 2.82. The average Bonchev–Trinajstić information content (AvgIpc) is 2.39. The first-order chi connectivity index (χ1) is 9.35. The van der Waals surface area contributed by atoms with E-state index in [0.29, 0.717) is 0 Å². The lowest BCUT2D eigenvalue weighted by Crippen LogP contribution is -2.41. The molecule has 2 atom stereocenters. The first-order valence-electron chi connectivity index (χ1n) is 6.31. The third-order valence-corrected chi connectivity index (χ3v) is 2.82. The Labute approximate surface area is 116 Å². The number of ether oxygens (including phenoxy) is 1. The number of methoxy groups -OCH3 is 1. The van der Waals surface area contributed by atoms with Crippen LogP contribution in [0.2, 0.25) is 0 Å². The van der Waals surface area contributed by atoms with Gasteiger partial charge in [-0.05, 0) is 18.2 Å². The zero-order valence-corrected chi connectivity index (χ0v) is 11.7. The second-order valence-electron chi connectivity index (χ2n) is 4.82.